The third-order valence-electron chi connectivity index (χ3n) is 4.50. The van der Waals surface area contributed by atoms with Crippen molar-refractivity contribution in [3.05, 3.63) is 0 Å². The monoisotopic (exact) mass is 327 g/mol. The molecular weight excluding hydrogens is 288 g/mol. The van der Waals surface area contributed by atoms with Crippen LogP contribution < -0.4 is 5.11 Å². The topological polar surface area (TPSA) is 60.4 Å². The molecule has 0 heterocycles. The van der Waals surface area contributed by atoms with Gasteiger partial charge in [0.1, 0.15) is 0 Å². The van der Waals surface area contributed by atoms with Gasteiger partial charge in [0.25, 0.3) is 0 Å². The number of carbonyl (C=O) groups is 1. The predicted molar refractivity (Wildman–Crippen MR) is 95.2 cm³/mol. The van der Waals surface area contributed by atoms with Crippen LogP contribution in [-0.4, -0.2) is 17.2 Å². The number of carbonyl (C=O) groups excluding carboxylic acids is 1. The van der Waals surface area contributed by atoms with Gasteiger partial charge in [0.15, 0.2) is 0 Å². The number of rotatable bonds is 18. The van der Waals surface area contributed by atoms with Gasteiger partial charge < -0.3 is 15.0 Å². The molecule has 0 radical (unpaired) electrons. The van der Waals surface area contributed by atoms with E-state index >= 15 is 0 Å². The lowest BCUT2D eigenvalue weighted by Crippen LogP contribution is -2.21. The van der Waals surface area contributed by atoms with Crippen molar-refractivity contribution in [1.82, 2.24) is 0 Å². The molecule has 3 nitrogen and oxygen atoms in total. The van der Waals surface area contributed by atoms with E-state index in [2.05, 4.69) is 0 Å². The molecule has 0 aliphatic heterocycles. The minimum Gasteiger partial charge on any atom is -0.550 e. The number of aliphatic hydroxyl groups is 1. The van der Waals surface area contributed by atoms with Gasteiger partial charge in [-0.05, 0) is 26.2 Å². The highest BCUT2D eigenvalue weighted by molar-refractivity contribution is 5.63. The number of aliphatic carboxylic acids is 1. The van der Waals surface area contributed by atoms with E-state index in [1.165, 1.54) is 83.5 Å². The Morgan fingerprint density at radius 3 is 1.30 bits per heavy atom. The SMILES string of the molecule is CC(O)CCCCCCCCCCCCCCCCCC(=O)[O-]. The minimum atomic E-state index is -0.912. The maximum atomic E-state index is 10.3. The van der Waals surface area contributed by atoms with Gasteiger partial charge in [-0.2, -0.15) is 0 Å². The fraction of sp³-hybridized carbons (Fsp3) is 0.950. The lowest BCUT2D eigenvalue weighted by atomic mass is 10.0. The summed E-state index contributed by atoms with van der Waals surface area (Å²) in [5.41, 5.74) is 0. The Morgan fingerprint density at radius 1 is 0.696 bits per heavy atom. The summed E-state index contributed by atoms with van der Waals surface area (Å²) in [4.78, 5) is 10.3. The molecule has 1 atom stereocenters. The van der Waals surface area contributed by atoms with Crippen molar-refractivity contribution in [3.63, 3.8) is 0 Å². The van der Waals surface area contributed by atoms with E-state index in [-0.39, 0.29) is 12.5 Å². The lowest BCUT2D eigenvalue weighted by Gasteiger charge is -2.05. The van der Waals surface area contributed by atoms with E-state index in [9.17, 15) is 9.90 Å². The minimum absolute atomic E-state index is 0.128. The first-order chi connectivity index (χ1) is 11.1. The van der Waals surface area contributed by atoms with E-state index in [0.29, 0.717) is 0 Å². The number of hydrogen-bond acceptors (Lipinski definition) is 3. The van der Waals surface area contributed by atoms with Crippen LogP contribution in [0.1, 0.15) is 116 Å². The van der Waals surface area contributed by atoms with Crippen LogP contribution in [0.5, 0.6) is 0 Å². The number of carboxylic acids is 1. The predicted octanol–water partition coefficient (Wildman–Crippen LogP) is 4.75. The summed E-state index contributed by atoms with van der Waals surface area (Å²) in [5.74, 6) is -0.912. The summed E-state index contributed by atoms with van der Waals surface area (Å²) < 4.78 is 0. The van der Waals surface area contributed by atoms with E-state index in [0.717, 1.165) is 19.3 Å². The summed E-state index contributed by atoms with van der Waals surface area (Å²) in [6, 6.07) is 0. The zero-order valence-electron chi connectivity index (χ0n) is 15.4. The summed E-state index contributed by atoms with van der Waals surface area (Å²) in [6.45, 7) is 1.87. The molecule has 1 N–H and O–H groups in total. The fourth-order valence-electron chi connectivity index (χ4n) is 3.01. The first-order valence-electron chi connectivity index (χ1n) is 10.0. The number of carboxylic acid groups (broad SMARTS) is 1. The summed E-state index contributed by atoms with van der Waals surface area (Å²) >= 11 is 0. The molecule has 0 spiro atoms. The zero-order valence-corrected chi connectivity index (χ0v) is 15.4. The van der Waals surface area contributed by atoms with Crippen molar-refractivity contribution >= 4 is 5.97 Å². The van der Waals surface area contributed by atoms with E-state index in [1.54, 1.807) is 0 Å². The van der Waals surface area contributed by atoms with Gasteiger partial charge in [-0.1, -0.05) is 89.9 Å². The standard InChI is InChI=1S/C20H40O3/c1-19(21)17-15-13-11-9-7-5-3-2-4-6-8-10-12-14-16-18-20(22)23/h19,21H,2-18H2,1H3,(H,22,23)/p-1. The molecule has 0 saturated carbocycles. The van der Waals surface area contributed by atoms with Crippen LogP contribution in [-0.2, 0) is 4.79 Å². The van der Waals surface area contributed by atoms with Gasteiger partial charge in [0.2, 0.25) is 0 Å². The average Bonchev–Trinajstić information content (AvgIpc) is 2.49. The second-order valence-electron chi connectivity index (χ2n) is 7.06. The van der Waals surface area contributed by atoms with Crippen LogP contribution in [0.4, 0.5) is 0 Å². The highest BCUT2D eigenvalue weighted by atomic mass is 16.4. The maximum Gasteiger partial charge on any atom is 0.0512 e. The van der Waals surface area contributed by atoms with Gasteiger partial charge in [0, 0.05) is 5.97 Å². The molecule has 0 aliphatic rings. The zero-order chi connectivity index (χ0) is 17.2. The van der Waals surface area contributed by atoms with Crippen LogP contribution >= 0.6 is 0 Å². The summed E-state index contributed by atoms with van der Waals surface area (Å²) in [6.07, 6.45) is 19.9. The molecule has 0 aromatic rings. The van der Waals surface area contributed by atoms with Gasteiger partial charge in [-0.25, -0.2) is 0 Å². The fourth-order valence-corrected chi connectivity index (χ4v) is 3.01. The van der Waals surface area contributed by atoms with Gasteiger partial charge in [-0.3, -0.25) is 0 Å². The quantitative estimate of drug-likeness (QED) is 0.370. The van der Waals surface area contributed by atoms with Crippen LogP contribution in [0.3, 0.4) is 0 Å². The first-order valence-corrected chi connectivity index (χ1v) is 10.0. The molecule has 0 saturated heterocycles. The van der Waals surface area contributed by atoms with Crippen molar-refractivity contribution in [2.45, 2.75) is 122 Å². The van der Waals surface area contributed by atoms with Gasteiger partial charge in [0.05, 0.1) is 6.10 Å². The highest BCUT2D eigenvalue weighted by Gasteiger charge is 1.96. The lowest BCUT2D eigenvalue weighted by molar-refractivity contribution is -0.305. The van der Waals surface area contributed by atoms with Crippen molar-refractivity contribution in [2.24, 2.45) is 0 Å². The normalized spacial score (nSPS) is 12.4. The Kier molecular flexibility index (Phi) is 17.3. The van der Waals surface area contributed by atoms with Crippen molar-refractivity contribution in [1.29, 1.82) is 0 Å². The average molecular weight is 328 g/mol. The van der Waals surface area contributed by atoms with Crippen molar-refractivity contribution in [3.8, 4) is 0 Å². The molecule has 3 heteroatoms. The molecule has 138 valence electrons. The Hall–Kier alpha value is -0.570. The van der Waals surface area contributed by atoms with E-state index in [1.807, 2.05) is 6.92 Å². The third-order valence-corrected chi connectivity index (χ3v) is 4.50. The van der Waals surface area contributed by atoms with Crippen LogP contribution in [0.15, 0.2) is 0 Å². The van der Waals surface area contributed by atoms with Crippen molar-refractivity contribution < 1.29 is 15.0 Å². The van der Waals surface area contributed by atoms with Crippen LogP contribution in [0.25, 0.3) is 0 Å². The van der Waals surface area contributed by atoms with Gasteiger partial charge >= 0.3 is 0 Å². The Bertz CT molecular complexity index is 251. The summed E-state index contributed by atoms with van der Waals surface area (Å²) in [7, 11) is 0. The molecule has 0 amide bonds. The second-order valence-corrected chi connectivity index (χ2v) is 7.06. The number of hydrogen-bond donors (Lipinski definition) is 1. The first kappa shape index (κ1) is 22.4. The largest absolute Gasteiger partial charge is 0.550 e. The Morgan fingerprint density at radius 2 is 1.00 bits per heavy atom. The van der Waals surface area contributed by atoms with E-state index in [4.69, 9.17) is 5.11 Å². The third kappa shape index (κ3) is 21.4. The molecule has 1 unspecified atom stereocenters. The highest BCUT2D eigenvalue weighted by Crippen LogP contribution is 2.14. The Labute approximate surface area is 143 Å². The molecule has 0 fully saturated rings. The smallest absolute Gasteiger partial charge is 0.0512 e. The molecule has 0 rings (SSSR count). The second kappa shape index (κ2) is 17.8. The summed E-state index contributed by atoms with van der Waals surface area (Å²) in [5, 5.41) is 19.4. The molecule has 0 aliphatic carbocycles. The van der Waals surface area contributed by atoms with E-state index < -0.39 is 5.97 Å². The molecule has 0 aromatic heterocycles. The molecular formula is C20H39O3-. The number of aliphatic hydroxyl groups excluding tert-OH is 1. The van der Waals surface area contributed by atoms with Crippen LogP contribution in [0.2, 0.25) is 0 Å². The molecule has 0 bridgehead atoms. The van der Waals surface area contributed by atoms with Gasteiger partial charge in [-0.15, -0.1) is 0 Å². The maximum absolute atomic E-state index is 10.3. The molecule has 0 aromatic carbocycles. The van der Waals surface area contributed by atoms with Crippen molar-refractivity contribution in [2.75, 3.05) is 0 Å². The molecule has 23 heavy (non-hydrogen) atoms. The van der Waals surface area contributed by atoms with Crippen LogP contribution in [0, 0.1) is 0 Å². The number of unbranched alkanes of at least 4 members (excludes halogenated alkanes) is 14. The Balaban J connectivity index is 2.99.